The van der Waals surface area contributed by atoms with Crippen LogP contribution in [0.15, 0.2) is 0 Å². The number of hydrogen-bond acceptors (Lipinski definition) is 0. The Morgan fingerprint density at radius 3 is 1.58 bits per heavy atom. The van der Waals surface area contributed by atoms with Crippen molar-refractivity contribution in [3.05, 3.63) is 0 Å². The summed E-state index contributed by atoms with van der Waals surface area (Å²) in [7, 11) is -0.453. The van der Waals surface area contributed by atoms with Gasteiger partial charge in [0.2, 0.25) is 0 Å². The minimum absolute atomic E-state index is 0.453. The molecular weight excluding hydrogens is 228 g/mol. The van der Waals surface area contributed by atoms with Crippen LogP contribution in [0.25, 0.3) is 0 Å². The molecule has 0 rings (SSSR count). The van der Waals surface area contributed by atoms with Crippen LogP contribution in [0, 0.1) is 0 Å². The first-order chi connectivity index (χ1) is 5.81. The highest BCUT2D eigenvalue weighted by Crippen LogP contribution is 2.15. The van der Waals surface area contributed by atoms with Gasteiger partial charge in [-0.15, -0.1) is 15.3 Å². The van der Waals surface area contributed by atoms with Gasteiger partial charge in [-0.2, -0.15) is 0 Å². The predicted molar refractivity (Wildman–Crippen MR) is 64.7 cm³/mol. The van der Waals surface area contributed by atoms with Gasteiger partial charge in [-0.1, -0.05) is 64.5 Å². The van der Waals surface area contributed by atoms with Crippen molar-refractivity contribution >= 4 is 22.7 Å². The van der Waals surface area contributed by atoms with Crippen molar-refractivity contribution in [2.24, 2.45) is 0 Å². The molecule has 12 heavy (non-hydrogen) atoms. The van der Waals surface area contributed by atoms with E-state index in [1.165, 1.54) is 50.6 Å². The van der Waals surface area contributed by atoms with Crippen LogP contribution in [0.5, 0.6) is 0 Å². The van der Waals surface area contributed by atoms with Crippen LogP contribution in [0.2, 0.25) is 12.1 Å². The quantitative estimate of drug-likeness (QED) is 0.339. The van der Waals surface area contributed by atoms with E-state index in [2.05, 4.69) is 29.1 Å². The van der Waals surface area contributed by atoms with Gasteiger partial charge in [-0.3, -0.25) is 0 Å². The Morgan fingerprint density at radius 1 is 0.833 bits per heavy atom. The van der Waals surface area contributed by atoms with Crippen molar-refractivity contribution < 1.29 is 0 Å². The largest absolute Gasteiger partial charge is 0.131 e. The molecule has 0 N–H and O–H groups in total. The second-order valence-corrected chi connectivity index (χ2v) is 9.82. The van der Waals surface area contributed by atoms with Gasteiger partial charge in [0.05, 0.1) is 0 Å². The lowest BCUT2D eigenvalue weighted by molar-refractivity contribution is 0.751. The molecule has 0 spiro atoms. The molecule has 0 saturated carbocycles. The van der Waals surface area contributed by atoms with E-state index in [0.29, 0.717) is 0 Å². The molecule has 0 aliphatic carbocycles. The molecule has 0 amide bonds. The maximum Gasteiger partial charge on any atom is 0.114 e. The van der Waals surface area contributed by atoms with Crippen LogP contribution >= 0.6 is 15.3 Å². The number of hydrogen-bond donors (Lipinski definition) is 0. The summed E-state index contributed by atoms with van der Waals surface area (Å²) in [6.45, 7) is 4.56. The Balaban J connectivity index is 3.04. The van der Waals surface area contributed by atoms with Gasteiger partial charge in [0.1, 0.15) is 7.42 Å². The minimum atomic E-state index is -0.453. The van der Waals surface area contributed by atoms with Crippen LogP contribution in [-0.4, -0.2) is 7.42 Å². The molecular formula is C10H23BrSi. The van der Waals surface area contributed by atoms with Crippen molar-refractivity contribution in [3.8, 4) is 0 Å². The van der Waals surface area contributed by atoms with Crippen molar-refractivity contribution in [1.82, 2.24) is 0 Å². The van der Waals surface area contributed by atoms with Crippen LogP contribution in [-0.2, 0) is 0 Å². The molecule has 0 aromatic rings. The second-order valence-electron chi connectivity index (χ2n) is 3.59. The van der Waals surface area contributed by atoms with E-state index in [4.69, 9.17) is 0 Å². The first-order valence-electron chi connectivity index (χ1n) is 5.45. The van der Waals surface area contributed by atoms with Gasteiger partial charge in [-0.05, 0) is 0 Å². The molecule has 0 bridgehead atoms. The van der Waals surface area contributed by atoms with Crippen LogP contribution < -0.4 is 0 Å². The molecule has 2 heteroatoms. The summed E-state index contributed by atoms with van der Waals surface area (Å²) >= 11 is 3.88. The van der Waals surface area contributed by atoms with Gasteiger partial charge in [0.25, 0.3) is 0 Å². The minimum Gasteiger partial charge on any atom is -0.131 e. The normalized spacial score (nSPS) is 11.0. The lowest BCUT2D eigenvalue weighted by Gasteiger charge is -2.06. The van der Waals surface area contributed by atoms with E-state index in [9.17, 15) is 0 Å². The monoisotopic (exact) mass is 250 g/mol. The highest BCUT2D eigenvalue weighted by molar-refractivity contribution is 9.24. The summed E-state index contributed by atoms with van der Waals surface area (Å²) in [5.41, 5.74) is 0. The molecule has 0 aromatic carbocycles. The predicted octanol–water partition coefficient (Wildman–Crippen LogP) is 4.49. The SMILES string of the molecule is CCCCC[SiH](Br)CCCCC. The van der Waals surface area contributed by atoms with E-state index in [-0.39, 0.29) is 0 Å². The third-order valence-corrected chi connectivity index (χ3v) is 7.06. The van der Waals surface area contributed by atoms with Crippen molar-refractivity contribution in [3.63, 3.8) is 0 Å². The lowest BCUT2D eigenvalue weighted by Crippen LogP contribution is -2.01. The fraction of sp³-hybridized carbons (Fsp3) is 1.00. The number of halogens is 1. The Labute approximate surface area is 87.3 Å². The topological polar surface area (TPSA) is 0 Å². The molecule has 0 nitrogen and oxygen atoms in total. The Bertz CT molecular complexity index is 75.9. The van der Waals surface area contributed by atoms with Gasteiger partial charge < -0.3 is 0 Å². The maximum absolute atomic E-state index is 3.88. The zero-order valence-corrected chi connectivity index (χ0v) is 11.4. The molecule has 74 valence electrons. The van der Waals surface area contributed by atoms with Crippen molar-refractivity contribution in [1.29, 1.82) is 0 Å². The van der Waals surface area contributed by atoms with Crippen molar-refractivity contribution in [2.45, 2.75) is 64.5 Å². The Hall–Kier alpha value is 0.697. The van der Waals surface area contributed by atoms with E-state index in [1.54, 1.807) is 0 Å². The van der Waals surface area contributed by atoms with E-state index in [0.717, 1.165) is 0 Å². The molecule has 0 aliphatic heterocycles. The highest BCUT2D eigenvalue weighted by atomic mass is 79.9. The second kappa shape index (κ2) is 9.78. The standard InChI is InChI=1S/C10H23BrSi/c1-3-5-7-9-12(11)10-8-6-4-2/h12H,3-10H2,1-2H3. The van der Waals surface area contributed by atoms with E-state index in [1.807, 2.05) is 0 Å². The van der Waals surface area contributed by atoms with Crippen LogP contribution in [0.3, 0.4) is 0 Å². The zero-order valence-electron chi connectivity index (χ0n) is 8.61. The number of unbranched alkanes of at least 4 members (excludes halogenated alkanes) is 4. The van der Waals surface area contributed by atoms with Gasteiger partial charge >= 0.3 is 0 Å². The molecule has 0 aromatic heterocycles. The molecule has 0 unspecified atom stereocenters. The zero-order chi connectivity index (χ0) is 9.23. The first kappa shape index (κ1) is 12.7. The van der Waals surface area contributed by atoms with Crippen LogP contribution in [0.1, 0.15) is 52.4 Å². The third kappa shape index (κ3) is 8.79. The average molecular weight is 251 g/mol. The third-order valence-electron chi connectivity index (χ3n) is 2.24. The van der Waals surface area contributed by atoms with Gasteiger partial charge in [-0.25, -0.2) is 0 Å². The van der Waals surface area contributed by atoms with E-state index < -0.39 is 7.42 Å². The summed E-state index contributed by atoms with van der Waals surface area (Å²) in [5, 5.41) is 0. The van der Waals surface area contributed by atoms with E-state index >= 15 is 0 Å². The average Bonchev–Trinajstić information content (AvgIpc) is 2.06. The highest BCUT2D eigenvalue weighted by Gasteiger charge is 2.04. The fourth-order valence-corrected chi connectivity index (χ4v) is 5.07. The maximum atomic E-state index is 3.88. The molecule has 0 radical (unpaired) electrons. The fourth-order valence-electron chi connectivity index (χ4n) is 1.38. The molecule has 0 aliphatic rings. The number of rotatable bonds is 8. The molecule has 0 fully saturated rings. The van der Waals surface area contributed by atoms with Crippen molar-refractivity contribution in [2.75, 3.05) is 0 Å². The smallest absolute Gasteiger partial charge is 0.114 e. The lowest BCUT2D eigenvalue weighted by atomic mass is 10.3. The van der Waals surface area contributed by atoms with Gasteiger partial charge in [0, 0.05) is 0 Å². The summed E-state index contributed by atoms with van der Waals surface area (Å²) < 4.78 is 0. The summed E-state index contributed by atoms with van der Waals surface area (Å²) in [5.74, 6) is 0. The molecule has 0 saturated heterocycles. The Kier molecular flexibility index (Phi) is 10.4. The summed E-state index contributed by atoms with van der Waals surface area (Å²) in [4.78, 5) is 0. The Morgan fingerprint density at radius 2 is 1.25 bits per heavy atom. The van der Waals surface area contributed by atoms with Crippen LogP contribution in [0.4, 0.5) is 0 Å². The first-order valence-corrected chi connectivity index (χ1v) is 10.3. The molecule has 0 heterocycles. The van der Waals surface area contributed by atoms with Gasteiger partial charge in [0.15, 0.2) is 0 Å². The summed E-state index contributed by atoms with van der Waals surface area (Å²) in [6, 6.07) is 3.02. The molecule has 0 atom stereocenters. The summed E-state index contributed by atoms with van der Waals surface area (Å²) in [6.07, 6.45) is 8.52.